The number of benzene rings is 2. The lowest BCUT2D eigenvalue weighted by Crippen LogP contribution is -2.20. The van der Waals surface area contributed by atoms with Gasteiger partial charge in [-0.2, -0.15) is 0 Å². The lowest BCUT2D eigenvalue weighted by molar-refractivity contribution is 0.259. The van der Waals surface area contributed by atoms with Gasteiger partial charge in [0.05, 0.1) is 6.61 Å². The van der Waals surface area contributed by atoms with Gasteiger partial charge in [-0.25, -0.2) is 0 Å². The zero-order chi connectivity index (χ0) is 15.1. The highest BCUT2D eigenvalue weighted by Gasteiger charge is 2.01. The molecule has 2 N–H and O–H groups in total. The molecule has 0 heterocycles. The van der Waals surface area contributed by atoms with Gasteiger partial charge in [0.2, 0.25) is 0 Å². The maximum Gasteiger partial charge on any atom is 0.121 e. The van der Waals surface area contributed by atoms with Crippen LogP contribution in [0, 0.1) is 6.92 Å². The van der Waals surface area contributed by atoms with Crippen molar-refractivity contribution >= 4 is 5.69 Å². The Morgan fingerprint density at radius 3 is 2.57 bits per heavy atom. The summed E-state index contributed by atoms with van der Waals surface area (Å²) in [7, 11) is 2.14. The van der Waals surface area contributed by atoms with Crippen LogP contribution in [0.5, 0.6) is 5.75 Å². The van der Waals surface area contributed by atoms with Crippen LogP contribution in [0.2, 0.25) is 0 Å². The predicted molar refractivity (Wildman–Crippen MR) is 88.5 cm³/mol. The van der Waals surface area contributed by atoms with E-state index in [9.17, 15) is 0 Å². The van der Waals surface area contributed by atoms with E-state index in [4.69, 9.17) is 10.5 Å². The van der Waals surface area contributed by atoms with Gasteiger partial charge in [0.1, 0.15) is 5.75 Å². The number of nitrogen functional groups attached to an aromatic ring is 1. The zero-order valence-electron chi connectivity index (χ0n) is 12.9. The Morgan fingerprint density at radius 2 is 1.86 bits per heavy atom. The molecule has 0 saturated heterocycles. The van der Waals surface area contributed by atoms with Crippen molar-refractivity contribution in [2.24, 2.45) is 0 Å². The van der Waals surface area contributed by atoms with Crippen LogP contribution in [0.15, 0.2) is 48.5 Å². The summed E-state index contributed by atoms with van der Waals surface area (Å²) in [5, 5.41) is 0. The number of anilines is 1. The van der Waals surface area contributed by atoms with Crippen molar-refractivity contribution in [3.8, 4) is 5.75 Å². The van der Waals surface area contributed by atoms with Gasteiger partial charge in [-0.3, -0.25) is 0 Å². The van der Waals surface area contributed by atoms with E-state index in [2.05, 4.69) is 43.1 Å². The summed E-state index contributed by atoms with van der Waals surface area (Å²) in [4.78, 5) is 2.31. The molecule has 0 radical (unpaired) electrons. The normalized spacial score (nSPS) is 10.8. The van der Waals surface area contributed by atoms with Gasteiger partial charge in [-0.15, -0.1) is 0 Å². The van der Waals surface area contributed by atoms with Crippen LogP contribution in [0.1, 0.15) is 17.5 Å². The van der Waals surface area contributed by atoms with Crippen LogP contribution in [0.25, 0.3) is 0 Å². The van der Waals surface area contributed by atoms with Gasteiger partial charge in [-0.1, -0.05) is 35.9 Å². The van der Waals surface area contributed by atoms with Crippen molar-refractivity contribution in [2.45, 2.75) is 19.9 Å². The second-order valence-corrected chi connectivity index (χ2v) is 5.50. The van der Waals surface area contributed by atoms with Gasteiger partial charge >= 0.3 is 0 Å². The first-order valence-corrected chi connectivity index (χ1v) is 7.36. The largest absolute Gasteiger partial charge is 0.493 e. The molecule has 2 rings (SSSR count). The van der Waals surface area contributed by atoms with Crippen LogP contribution in [-0.2, 0) is 6.54 Å². The van der Waals surface area contributed by atoms with Crippen LogP contribution in [-0.4, -0.2) is 25.1 Å². The van der Waals surface area contributed by atoms with Crippen molar-refractivity contribution in [3.05, 3.63) is 59.7 Å². The van der Waals surface area contributed by atoms with Crippen molar-refractivity contribution in [3.63, 3.8) is 0 Å². The fraction of sp³-hybridized carbons (Fsp3) is 0.333. The molecule has 0 unspecified atom stereocenters. The average Bonchev–Trinajstić information content (AvgIpc) is 2.46. The SMILES string of the molecule is Cc1ccc(CN(C)CCCOc2cccc(N)c2)cc1. The van der Waals surface area contributed by atoms with E-state index in [0.717, 1.165) is 30.9 Å². The molecule has 0 bridgehead atoms. The molecule has 2 aromatic rings. The Labute approximate surface area is 127 Å². The summed E-state index contributed by atoms with van der Waals surface area (Å²) in [6.45, 7) is 4.80. The molecule has 0 saturated carbocycles. The molecular formula is C18H24N2O. The summed E-state index contributed by atoms with van der Waals surface area (Å²) < 4.78 is 5.70. The number of ether oxygens (including phenoxy) is 1. The Bertz CT molecular complexity index is 551. The Morgan fingerprint density at radius 1 is 1.10 bits per heavy atom. The highest BCUT2D eigenvalue weighted by molar-refractivity contribution is 5.43. The Kier molecular flexibility index (Phi) is 5.64. The first-order chi connectivity index (χ1) is 10.1. The van der Waals surface area contributed by atoms with E-state index in [-0.39, 0.29) is 0 Å². The number of hydrogen-bond acceptors (Lipinski definition) is 3. The van der Waals surface area contributed by atoms with Gasteiger partial charge in [0.25, 0.3) is 0 Å². The maximum atomic E-state index is 5.72. The Hall–Kier alpha value is -2.00. The monoisotopic (exact) mass is 284 g/mol. The topological polar surface area (TPSA) is 38.5 Å². The minimum Gasteiger partial charge on any atom is -0.493 e. The number of aryl methyl sites for hydroxylation is 1. The number of nitrogens with two attached hydrogens (primary N) is 1. The third-order valence-corrected chi connectivity index (χ3v) is 3.38. The van der Waals surface area contributed by atoms with E-state index >= 15 is 0 Å². The van der Waals surface area contributed by atoms with Gasteiger partial charge < -0.3 is 15.4 Å². The fourth-order valence-corrected chi connectivity index (χ4v) is 2.21. The molecule has 0 aliphatic rings. The first-order valence-electron chi connectivity index (χ1n) is 7.36. The average molecular weight is 284 g/mol. The number of hydrogen-bond donors (Lipinski definition) is 1. The van der Waals surface area contributed by atoms with Crippen LogP contribution >= 0.6 is 0 Å². The molecule has 3 nitrogen and oxygen atoms in total. The second-order valence-electron chi connectivity index (χ2n) is 5.50. The van der Waals surface area contributed by atoms with E-state index in [0.29, 0.717) is 6.61 Å². The minimum absolute atomic E-state index is 0.710. The molecular weight excluding hydrogens is 260 g/mol. The summed E-state index contributed by atoms with van der Waals surface area (Å²) >= 11 is 0. The molecule has 0 aromatic heterocycles. The second kappa shape index (κ2) is 7.70. The first kappa shape index (κ1) is 15.4. The lowest BCUT2D eigenvalue weighted by Gasteiger charge is -2.17. The van der Waals surface area contributed by atoms with E-state index in [1.54, 1.807) is 0 Å². The standard InChI is InChI=1S/C18H24N2O/c1-15-7-9-16(10-8-15)14-20(2)11-4-12-21-18-6-3-5-17(19)13-18/h3,5-10,13H,4,11-12,14,19H2,1-2H3. The molecule has 3 heteroatoms. The highest BCUT2D eigenvalue weighted by atomic mass is 16.5. The predicted octanol–water partition coefficient (Wildman–Crippen LogP) is 3.48. The summed E-state index contributed by atoms with van der Waals surface area (Å²) in [6, 6.07) is 16.3. The molecule has 0 amide bonds. The summed E-state index contributed by atoms with van der Waals surface area (Å²) in [5.74, 6) is 0.844. The third-order valence-electron chi connectivity index (χ3n) is 3.38. The van der Waals surface area contributed by atoms with Gasteiger partial charge in [0, 0.05) is 24.8 Å². The van der Waals surface area contributed by atoms with Crippen LogP contribution in [0.3, 0.4) is 0 Å². The van der Waals surface area contributed by atoms with Gasteiger partial charge in [-0.05, 0) is 38.1 Å². The minimum atomic E-state index is 0.710. The molecule has 0 spiro atoms. The van der Waals surface area contributed by atoms with Crippen LogP contribution < -0.4 is 10.5 Å². The number of rotatable bonds is 7. The summed E-state index contributed by atoms with van der Waals surface area (Å²) in [6.07, 6.45) is 0.997. The van der Waals surface area contributed by atoms with Gasteiger partial charge in [0.15, 0.2) is 0 Å². The number of nitrogens with zero attached hydrogens (tertiary/aromatic N) is 1. The Balaban J connectivity index is 1.67. The van der Waals surface area contributed by atoms with E-state index in [1.807, 2.05) is 24.3 Å². The van der Waals surface area contributed by atoms with E-state index < -0.39 is 0 Å². The summed E-state index contributed by atoms with van der Waals surface area (Å²) in [5.41, 5.74) is 9.11. The molecule has 0 fully saturated rings. The maximum absolute atomic E-state index is 5.72. The molecule has 0 aliphatic heterocycles. The molecule has 0 aliphatic carbocycles. The zero-order valence-corrected chi connectivity index (χ0v) is 12.9. The highest BCUT2D eigenvalue weighted by Crippen LogP contribution is 2.14. The quantitative estimate of drug-likeness (QED) is 0.625. The fourth-order valence-electron chi connectivity index (χ4n) is 2.21. The van der Waals surface area contributed by atoms with Crippen molar-refractivity contribution < 1.29 is 4.74 Å². The van der Waals surface area contributed by atoms with Crippen molar-refractivity contribution in [2.75, 3.05) is 25.9 Å². The lowest BCUT2D eigenvalue weighted by atomic mass is 10.1. The molecule has 0 atom stereocenters. The third kappa shape index (κ3) is 5.48. The van der Waals surface area contributed by atoms with E-state index in [1.165, 1.54) is 11.1 Å². The molecule has 112 valence electrons. The smallest absolute Gasteiger partial charge is 0.121 e. The molecule has 21 heavy (non-hydrogen) atoms. The van der Waals surface area contributed by atoms with Crippen LogP contribution in [0.4, 0.5) is 5.69 Å². The molecule has 2 aromatic carbocycles. The van der Waals surface area contributed by atoms with Crippen molar-refractivity contribution in [1.29, 1.82) is 0 Å². The van der Waals surface area contributed by atoms with Crippen molar-refractivity contribution in [1.82, 2.24) is 4.90 Å².